The van der Waals surface area contributed by atoms with Crippen LogP contribution in [0.2, 0.25) is 5.15 Å². The molecule has 0 radical (unpaired) electrons. The number of aromatic nitrogens is 2. The highest BCUT2D eigenvalue weighted by Crippen LogP contribution is 2.22. The topological polar surface area (TPSA) is 93.2 Å². The Morgan fingerprint density at radius 1 is 1.06 bits per heavy atom. The molecule has 3 rings (SSSR count). The third kappa shape index (κ3) is 7.08. The summed E-state index contributed by atoms with van der Waals surface area (Å²) in [5.41, 5.74) is 0.780. The van der Waals surface area contributed by atoms with Gasteiger partial charge >= 0.3 is 0 Å². The van der Waals surface area contributed by atoms with Crippen molar-refractivity contribution in [3.05, 3.63) is 77.7 Å². The highest BCUT2D eigenvalue weighted by Gasteiger charge is 2.21. The molecule has 160 valence electrons. The second-order valence-corrected chi connectivity index (χ2v) is 7.25. The molecule has 2 amide bonds. The summed E-state index contributed by atoms with van der Waals surface area (Å²) in [7, 11) is 0. The molecule has 8 heteroatoms. The minimum absolute atomic E-state index is 0.121. The molecule has 0 fully saturated rings. The van der Waals surface area contributed by atoms with Gasteiger partial charge in [0.05, 0.1) is 18.8 Å². The van der Waals surface area contributed by atoms with E-state index in [0.29, 0.717) is 17.9 Å². The van der Waals surface area contributed by atoms with Crippen LogP contribution in [0.4, 0.5) is 5.82 Å². The fourth-order valence-electron chi connectivity index (χ4n) is 2.95. The predicted octanol–water partition coefficient (Wildman–Crippen LogP) is 4.39. The van der Waals surface area contributed by atoms with Gasteiger partial charge in [-0.2, -0.15) is 0 Å². The Labute approximate surface area is 185 Å². The van der Waals surface area contributed by atoms with E-state index in [1.165, 1.54) is 12.4 Å². The van der Waals surface area contributed by atoms with E-state index in [1.807, 2.05) is 61.5 Å². The van der Waals surface area contributed by atoms with Crippen LogP contribution in [-0.4, -0.2) is 27.8 Å². The first-order valence-corrected chi connectivity index (χ1v) is 10.3. The molecule has 2 N–H and O–H groups in total. The Morgan fingerprint density at radius 3 is 2.58 bits per heavy atom. The van der Waals surface area contributed by atoms with Gasteiger partial charge in [-0.1, -0.05) is 55.3 Å². The number of para-hydroxylation sites is 1. The monoisotopic (exact) mass is 438 g/mol. The normalized spacial score (nSPS) is 11.4. The number of hydrogen-bond acceptors (Lipinski definition) is 5. The van der Waals surface area contributed by atoms with Crippen molar-refractivity contribution in [3.8, 4) is 11.5 Å². The molecule has 2 aromatic carbocycles. The van der Waals surface area contributed by atoms with Crippen molar-refractivity contribution in [3.63, 3.8) is 0 Å². The molecule has 31 heavy (non-hydrogen) atoms. The van der Waals surface area contributed by atoms with Gasteiger partial charge in [-0.3, -0.25) is 14.6 Å². The Kier molecular flexibility index (Phi) is 7.95. The summed E-state index contributed by atoms with van der Waals surface area (Å²) >= 11 is 5.80. The van der Waals surface area contributed by atoms with Crippen LogP contribution >= 0.6 is 11.6 Å². The molecule has 1 unspecified atom stereocenters. The van der Waals surface area contributed by atoms with Crippen LogP contribution in [0.1, 0.15) is 25.3 Å². The lowest BCUT2D eigenvalue weighted by Crippen LogP contribution is -2.44. The van der Waals surface area contributed by atoms with Crippen molar-refractivity contribution in [1.82, 2.24) is 15.3 Å². The number of benzene rings is 2. The Hall–Kier alpha value is -3.45. The van der Waals surface area contributed by atoms with Gasteiger partial charge in [0.25, 0.3) is 0 Å². The zero-order valence-electron chi connectivity index (χ0n) is 17.0. The van der Waals surface area contributed by atoms with E-state index in [9.17, 15) is 9.59 Å². The summed E-state index contributed by atoms with van der Waals surface area (Å²) in [6.45, 7) is 1.94. The van der Waals surface area contributed by atoms with Crippen LogP contribution in [0.15, 0.2) is 67.0 Å². The smallest absolute Gasteiger partial charge is 0.248 e. The summed E-state index contributed by atoms with van der Waals surface area (Å²) in [6.07, 6.45) is 4.10. The van der Waals surface area contributed by atoms with Crippen molar-refractivity contribution in [2.24, 2.45) is 0 Å². The largest absolute Gasteiger partial charge is 0.457 e. The van der Waals surface area contributed by atoms with Gasteiger partial charge < -0.3 is 15.4 Å². The molecule has 0 aliphatic heterocycles. The molecular weight excluding hydrogens is 416 g/mol. The zero-order chi connectivity index (χ0) is 22.1. The van der Waals surface area contributed by atoms with Gasteiger partial charge in [0.15, 0.2) is 5.82 Å². The Bertz CT molecular complexity index is 1030. The van der Waals surface area contributed by atoms with Crippen LogP contribution in [-0.2, 0) is 16.0 Å². The van der Waals surface area contributed by atoms with Gasteiger partial charge in [-0.25, -0.2) is 4.98 Å². The van der Waals surface area contributed by atoms with E-state index < -0.39 is 6.04 Å². The molecule has 0 bridgehead atoms. The van der Waals surface area contributed by atoms with E-state index >= 15 is 0 Å². The van der Waals surface area contributed by atoms with Gasteiger partial charge in [0, 0.05) is 0 Å². The van der Waals surface area contributed by atoms with Crippen molar-refractivity contribution in [1.29, 1.82) is 0 Å². The van der Waals surface area contributed by atoms with Crippen LogP contribution in [0, 0.1) is 0 Å². The number of carbonyl (C=O) groups is 2. The minimum Gasteiger partial charge on any atom is -0.457 e. The first-order chi connectivity index (χ1) is 15.0. The number of carbonyl (C=O) groups excluding carboxylic acids is 2. The fourth-order valence-corrected chi connectivity index (χ4v) is 3.09. The van der Waals surface area contributed by atoms with E-state index in [2.05, 4.69) is 20.6 Å². The number of hydrogen-bond donors (Lipinski definition) is 2. The number of rotatable bonds is 9. The lowest BCUT2D eigenvalue weighted by molar-refractivity contribution is -0.126. The van der Waals surface area contributed by atoms with Crippen LogP contribution < -0.4 is 15.4 Å². The van der Waals surface area contributed by atoms with Gasteiger partial charge in [-0.05, 0) is 36.2 Å². The molecule has 1 atom stereocenters. The Morgan fingerprint density at radius 2 is 1.84 bits per heavy atom. The molecule has 0 aliphatic carbocycles. The molecule has 3 aromatic rings. The number of amides is 2. The number of nitrogens with one attached hydrogen (secondary N) is 2. The van der Waals surface area contributed by atoms with E-state index in [4.69, 9.17) is 16.3 Å². The fraction of sp³-hybridized carbons (Fsp3) is 0.217. The summed E-state index contributed by atoms with van der Waals surface area (Å²) < 4.78 is 5.82. The van der Waals surface area contributed by atoms with Crippen LogP contribution in [0.5, 0.6) is 11.5 Å². The number of anilines is 1. The lowest BCUT2D eigenvalue weighted by atomic mass is 10.1. The van der Waals surface area contributed by atoms with E-state index in [0.717, 1.165) is 12.0 Å². The highest BCUT2D eigenvalue weighted by molar-refractivity contribution is 6.29. The summed E-state index contributed by atoms with van der Waals surface area (Å²) in [5.74, 6) is 0.959. The molecule has 0 saturated carbocycles. The molecule has 0 spiro atoms. The first kappa shape index (κ1) is 22.2. The molecule has 0 saturated heterocycles. The standard InChI is InChI=1S/C23H23ClN4O3/c1-2-7-19(23(30)28-21-15-25-14-20(24)27-21)26-22(29)13-16-8-6-11-18(12-16)31-17-9-4-3-5-10-17/h3-6,8-12,14-15,19H,2,7,13H2,1H3,(H,26,29)(H,27,28,30). The lowest BCUT2D eigenvalue weighted by Gasteiger charge is -2.17. The minimum atomic E-state index is -0.693. The average Bonchev–Trinajstić information content (AvgIpc) is 2.74. The van der Waals surface area contributed by atoms with E-state index in [-0.39, 0.29) is 29.2 Å². The third-order valence-electron chi connectivity index (χ3n) is 4.33. The molecule has 0 aliphatic rings. The van der Waals surface area contributed by atoms with Crippen LogP contribution in [0.3, 0.4) is 0 Å². The maximum absolute atomic E-state index is 12.6. The maximum Gasteiger partial charge on any atom is 0.248 e. The second kappa shape index (κ2) is 11.1. The van der Waals surface area contributed by atoms with Crippen LogP contribution in [0.25, 0.3) is 0 Å². The summed E-state index contributed by atoms with van der Waals surface area (Å²) in [4.78, 5) is 33.1. The zero-order valence-corrected chi connectivity index (χ0v) is 17.8. The summed E-state index contributed by atoms with van der Waals surface area (Å²) in [6, 6.07) is 16.0. The average molecular weight is 439 g/mol. The van der Waals surface area contributed by atoms with Crippen molar-refractivity contribution >= 4 is 29.2 Å². The second-order valence-electron chi connectivity index (χ2n) is 6.86. The number of ether oxygens (including phenoxy) is 1. The number of nitrogens with zero attached hydrogens (tertiary/aromatic N) is 2. The third-order valence-corrected chi connectivity index (χ3v) is 4.51. The number of halogens is 1. The summed E-state index contributed by atoms with van der Waals surface area (Å²) in [5, 5.41) is 5.61. The predicted molar refractivity (Wildman–Crippen MR) is 119 cm³/mol. The van der Waals surface area contributed by atoms with Crippen molar-refractivity contribution < 1.29 is 14.3 Å². The SMILES string of the molecule is CCCC(NC(=O)Cc1cccc(Oc2ccccc2)c1)C(=O)Nc1cncc(Cl)n1. The van der Waals surface area contributed by atoms with Crippen molar-refractivity contribution in [2.75, 3.05) is 5.32 Å². The molecule has 7 nitrogen and oxygen atoms in total. The Balaban J connectivity index is 1.60. The first-order valence-electron chi connectivity index (χ1n) is 9.93. The molecule has 1 aromatic heterocycles. The van der Waals surface area contributed by atoms with Gasteiger partial charge in [0.1, 0.15) is 22.7 Å². The van der Waals surface area contributed by atoms with Gasteiger partial charge in [0.2, 0.25) is 11.8 Å². The maximum atomic E-state index is 12.6. The highest BCUT2D eigenvalue weighted by atomic mass is 35.5. The van der Waals surface area contributed by atoms with Crippen molar-refractivity contribution in [2.45, 2.75) is 32.2 Å². The van der Waals surface area contributed by atoms with E-state index in [1.54, 1.807) is 0 Å². The quantitative estimate of drug-likeness (QED) is 0.516. The molecule has 1 heterocycles. The van der Waals surface area contributed by atoms with Gasteiger partial charge in [-0.15, -0.1) is 0 Å². The molecular formula is C23H23ClN4O3.